The number of carbonyl (C=O) groups is 1. The summed E-state index contributed by atoms with van der Waals surface area (Å²) in [5.74, 6) is 0.306. The summed E-state index contributed by atoms with van der Waals surface area (Å²) < 4.78 is 19.8. The predicted molar refractivity (Wildman–Crippen MR) is 90.7 cm³/mol. The number of hydrogen-bond acceptors (Lipinski definition) is 3. The Kier molecular flexibility index (Phi) is 4.30. The highest BCUT2D eigenvalue weighted by Gasteiger charge is 2.17. The summed E-state index contributed by atoms with van der Waals surface area (Å²) in [6, 6.07) is 12.4. The van der Waals surface area contributed by atoms with Crippen molar-refractivity contribution in [2.45, 2.75) is 13.5 Å². The van der Waals surface area contributed by atoms with Gasteiger partial charge in [-0.1, -0.05) is 18.2 Å². The van der Waals surface area contributed by atoms with Crippen LogP contribution in [0.2, 0.25) is 0 Å². The monoisotopic (exact) mass is 329 g/mol. The molecular weight excluding hydrogens is 313 g/mol. The first-order valence-corrected chi connectivity index (χ1v) is 8.00. The minimum atomic E-state index is -0.287. The fraction of sp³-hybridized carbons (Fsp3) is 0.167. The Labute approximate surface area is 137 Å². The van der Waals surface area contributed by atoms with Gasteiger partial charge in [0.25, 0.3) is 5.91 Å². The van der Waals surface area contributed by atoms with Crippen LogP contribution in [0.4, 0.5) is 4.39 Å². The van der Waals surface area contributed by atoms with E-state index >= 15 is 0 Å². The lowest BCUT2D eigenvalue weighted by Crippen LogP contribution is -2.22. The van der Waals surface area contributed by atoms with Crippen LogP contribution in [0.3, 0.4) is 0 Å². The van der Waals surface area contributed by atoms with Crippen molar-refractivity contribution in [2.24, 2.45) is 0 Å². The van der Waals surface area contributed by atoms with E-state index in [-0.39, 0.29) is 11.7 Å². The van der Waals surface area contributed by atoms with Gasteiger partial charge in [0.1, 0.15) is 11.6 Å². The highest BCUT2D eigenvalue weighted by Crippen LogP contribution is 2.32. The maximum atomic E-state index is 13.9. The fourth-order valence-electron chi connectivity index (χ4n) is 2.48. The van der Waals surface area contributed by atoms with Crippen LogP contribution in [0.15, 0.2) is 42.5 Å². The Morgan fingerprint density at radius 2 is 1.96 bits per heavy atom. The number of fused-ring (bicyclic) bond motifs is 1. The number of ether oxygens (including phenoxy) is 1. The Balaban J connectivity index is 1.78. The zero-order valence-corrected chi connectivity index (χ0v) is 13.7. The van der Waals surface area contributed by atoms with Gasteiger partial charge in [-0.2, -0.15) is 0 Å². The van der Waals surface area contributed by atoms with Crippen LogP contribution in [0, 0.1) is 12.7 Å². The summed E-state index contributed by atoms with van der Waals surface area (Å²) >= 11 is 1.32. The molecular formula is C18H16FNO2S. The molecule has 1 N–H and O–H groups in total. The Morgan fingerprint density at radius 1 is 1.22 bits per heavy atom. The second-order valence-electron chi connectivity index (χ2n) is 5.20. The van der Waals surface area contributed by atoms with Crippen molar-refractivity contribution in [3.63, 3.8) is 0 Å². The third-order valence-corrected chi connectivity index (χ3v) is 4.98. The second kappa shape index (κ2) is 6.38. The SMILES string of the molecule is COc1ccc(CNC(=O)c2sc3cccc(F)c3c2C)cc1. The van der Waals surface area contributed by atoms with Gasteiger partial charge in [0.15, 0.2) is 0 Å². The number of thiophene rings is 1. The second-order valence-corrected chi connectivity index (χ2v) is 6.25. The normalized spacial score (nSPS) is 10.7. The lowest BCUT2D eigenvalue weighted by Gasteiger charge is -2.06. The van der Waals surface area contributed by atoms with E-state index in [4.69, 9.17) is 4.74 Å². The average Bonchev–Trinajstić information content (AvgIpc) is 2.91. The maximum absolute atomic E-state index is 13.9. The molecule has 1 amide bonds. The van der Waals surface area contributed by atoms with Crippen molar-refractivity contribution in [1.82, 2.24) is 5.32 Å². The Morgan fingerprint density at radius 3 is 2.61 bits per heavy atom. The van der Waals surface area contributed by atoms with Crippen molar-refractivity contribution >= 4 is 27.3 Å². The predicted octanol–water partition coefficient (Wildman–Crippen LogP) is 4.29. The Hall–Kier alpha value is -2.40. The molecule has 0 fully saturated rings. The van der Waals surface area contributed by atoms with Crippen molar-refractivity contribution in [3.05, 3.63) is 64.3 Å². The van der Waals surface area contributed by atoms with E-state index in [9.17, 15) is 9.18 Å². The van der Waals surface area contributed by atoms with Crippen LogP contribution in [-0.2, 0) is 6.54 Å². The van der Waals surface area contributed by atoms with Crippen molar-refractivity contribution < 1.29 is 13.9 Å². The first-order valence-electron chi connectivity index (χ1n) is 7.19. The van der Waals surface area contributed by atoms with E-state index in [0.29, 0.717) is 22.4 Å². The summed E-state index contributed by atoms with van der Waals surface area (Å²) in [5, 5.41) is 3.42. The maximum Gasteiger partial charge on any atom is 0.261 e. The van der Waals surface area contributed by atoms with E-state index in [1.807, 2.05) is 30.3 Å². The van der Waals surface area contributed by atoms with Gasteiger partial charge in [0.2, 0.25) is 0 Å². The summed E-state index contributed by atoms with van der Waals surface area (Å²) in [5.41, 5.74) is 1.67. The minimum Gasteiger partial charge on any atom is -0.497 e. The number of hydrogen-bond donors (Lipinski definition) is 1. The van der Waals surface area contributed by atoms with Crippen LogP contribution in [-0.4, -0.2) is 13.0 Å². The quantitative estimate of drug-likeness (QED) is 0.775. The van der Waals surface area contributed by atoms with Gasteiger partial charge in [0.05, 0.1) is 12.0 Å². The molecule has 0 unspecified atom stereocenters. The summed E-state index contributed by atoms with van der Waals surface area (Å²) in [4.78, 5) is 12.9. The molecule has 0 spiro atoms. The minimum absolute atomic E-state index is 0.182. The molecule has 2 aromatic carbocycles. The summed E-state index contributed by atoms with van der Waals surface area (Å²) in [6.07, 6.45) is 0. The van der Waals surface area contributed by atoms with Crippen LogP contribution < -0.4 is 10.1 Å². The lowest BCUT2D eigenvalue weighted by atomic mass is 10.1. The zero-order chi connectivity index (χ0) is 16.4. The van der Waals surface area contributed by atoms with Crippen LogP contribution in [0.5, 0.6) is 5.75 Å². The zero-order valence-electron chi connectivity index (χ0n) is 12.9. The summed E-state index contributed by atoms with van der Waals surface area (Å²) in [6.45, 7) is 2.20. The van der Waals surface area contributed by atoms with Crippen LogP contribution in [0.1, 0.15) is 20.8 Å². The van der Waals surface area contributed by atoms with E-state index in [1.54, 1.807) is 20.1 Å². The Bertz CT molecular complexity index is 855. The number of methoxy groups -OCH3 is 1. The topological polar surface area (TPSA) is 38.3 Å². The van der Waals surface area contributed by atoms with E-state index in [1.165, 1.54) is 17.4 Å². The number of aryl methyl sites for hydroxylation is 1. The number of carbonyl (C=O) groups excluding carboxylic acids is 1. The van der Waals surface area contributed by atoms with E-state index in [2.05, 4.69) is 5.32 Å². The standard InChI is InChI=1S/C18H16FNO2S/c1-11-16-14(19)4-3-5-15(16)23-17(11)18(21)20-10-12-6-8-13(22-2)9-7-12/h3-9H,10H2,1-2H3,(H,20,21). The van der Waals surface area contributed by atoms with Gasteiger partial charge >= 0.3 is 0 Å². The van der Waals surface area contributed by atoms with Crippen molar-refractivity contribution in [2.75, 3.05) is 7.11 Å². The largest absolute Gasteiger partial charge is 0.497 e. The van der Waals surface area contributed by atoms with Crippen molar-refractivity contribution in [1.29, 1.82) is 0 Å². The number of amides is 1. The molecule has 0 aliphatic heterocycles. The molecule has 23 heavy (non-hydrogen) atoms. The lowest BCUT2D eigenvalue weighted by molar-refractivity contribution is 0.0954. The molecule has 118 valence electrons. The molecule has 5 heteroatoms. The molecule has 0 atom stereocenters. The van der Waals surface area contributed by atoms with E-state index in [0.717, 1.165) is 16.0 Å². The molecule has 0 bridgehead atoms. The third-order valence-electron chi connectivity index (χ3n) is 3.72. The molecule has 0 aliphatic carbocycles. The molecule has 0 saturated carbocycles. The van der Waals surface area contributed by atoms with Gasteiger partial charge in [-0.3, -0.25) is 4.79 Å². The molecule has 0 saturated heterocycles. The third kappa shape index (κ3) is 3.05. The number of benzene rings is 2. The first-order chi connectivity index (χ1) is 11.1. The highest BCUT2D eigenvalue weighted by atomic mass is 32.1. The van der Waals surface area contributed by atoms with Gasteiger partial charge in [0, 0.05) is 16.6 Å². The number of rotatable bonds is 4. The molecule has 1 aromatic heterocycles. The molecule has 3 rings (SSSR count). The van der Waals surface area contributed by atoms with Crippen LogP contribution >= 0.6 is 11.3 Å². The number of nitrogens with one attached hydrogen (secondary N) is 1. The average molecular weight is 329 g/mol. The molecule has 0 aliphatic rings. The van der Waals surface area contributed by atoms with Crippen molar-refractivity contribution in [3.8, 4) is 5.75 Å². The first kappa shape index (κ1) is 15.5. The molecule has 3 nitrogen and oxygen atoms in total. The van der Waals surface area contributed by atoms with E-state index < -0.39 is 0 Å². The van der Waals surface area contributed by atoms with Gasteiger partial charge in [-0.05, 0) is 42.3 Å². The van der Waals surface area contributed by atoms with Gasteiger partial charge in [-0.25, -0.2) is 4.39 Å². The highest BCUT2D eigenvalue weighted by molar-refractivity contribution is 7.21. The smallest absolute Gasteiger partial charge is 0.261 e. The van der Waals surface area contributed by atoms with Gasteiger partial charge in [-0.15, -0.1) is 11.3 Å². The van der Waals surface area contributed by atoms with Crippen LogP contribution in [0.25, 0.3) is 10.1 Å². The molecule has 1 heterocycles. The van der Waals surface area contributed by atoms with Gasteiger partial charge < -0.3 is 10.1 Å². The summed E-state index contributed by atoms with van der Waals surface area (Å²) in [7, 11) is 1.61. The molecule has 3 aromatic rings. The number of halogens is 1. The molecule has 0 radical (unpaired) electrons. The fourth-order valence-corrected chi connectivity index (χ4v) is 3.62.